The highest BCUT2D eigenvalue weighted by Crippen LogP contribution is 2.21. The van der Waals surface area contributed by atoms with Gasteiger partial charge in [-0.25, -0.2) is 0 Å². The van der Waals surface area contributed by atoms with Crippen LogP contribution in [0.5, 0.6) is 5.88 Å². The Morgan fingerprint density at radius 3 is 2.90 bits per heavy atom. The number of nitrogens with zero attached hydrogens (tertiary/aromatic N) is 1. The number of halogens is 1. The van der Waals surface area contributed by atoms with E-state index >= 15 is 0 Å². The Bertz CT molecular complexity index is 690. The molecule has 0 fully saturated rings. The number of H-pyrrole nitrogens is 1. The van der Waals surface area contributed by atoms with Gasteiger partial charge in [0.15, 0.2) is 5.16 Å². The highest BCUT2D eigenvalue weighted by atomic mass is 35.5. The predicted molar refractivity (Wildman–Crippen MR) is 77.3 cm³/mol. The topological polar surface area (TPSA) is 95.1 Å². The number of nitrogens with one attached hydrogen (secondary N) is 2. The van der Waals surface area contributed by atoms with Crippen molar-refractivity contribution in [3.63, 3.8) is 0 Å². The molecule has 1 aromatic heterocycles. The predicted octanol–water partition coefficient (Wildman–Crippen LogP) is 1.86. The Morgan fingerprint density at radius 1 is 1.45 bits per heavy atom. The average molecular weight is 312 g/mol. The monoisotopic (exact) mass is 311 g/mol. The van der Waals surface area contributed by atoms with E-state index in [2.05, 4.69) is 15.3 Å². The van der Waals surface area contributed by atoms with Crippen LogP contribution in [0.3, 0.4) is 0 Å². The van der Waals surface area contributed by atoms with Crippen molar-refractivity contribution in [1.29, 1.82) is 0 Å². The number of aromatic nitrogens is 2. The minimum Gasteiger partial charge on any atom is -0.493 e. The lowest BCUT2D eigenvalue weighted by atomic mass is 10.3. The fraction of sp³-hybridized carbons (Fsp3) is 0.0833. The lowest BCUT2D eigenvalue weighted by Crippen LogP contribution is -2.15. The molecule has 2 rings (SSSR count). The summed E-state index contributed by atoms with van der Waals surface area (Å²) in [5, 5.41) is 12.4. The van der Waals surface area contributed by atoms with E-state index in [1.807, 2.05) is 0 Å². The molecule has 0 bridgehead atoms. The third-order valence-electron chi connectivity index (χ3n) is 2.19. The van der Waals surface area contributed by atoms with Crippen LogP contribution >= 0.6 is 23.4 Å². The van der Waals surface area contributed by atoms with Crippen molar-refractivity contribution >= 4 is 35.0 Å². The maximum atomic E-state index is 11.7. The summed E-state index contributed by atoms with van der Waals surface area (Å²) in [7, 11) is 0. The molecule has 0 radical (unpaired) electrons. The molecule has 0 aliphatic heterocycles. The van der Waals surface area contributed by atoms with Crippen molar-refractivity contribution < 1.29 is 9.90 Å². The Labute approximate surface area is 123 Å². The lowest BCUT2D eigenvalue weighted by Gasteiger charge is -2.06. The van der Waals surface area contributed by atoms with Crippen LogP contribution in [0.2, 0.25) is 5.02 Å². The number of para-hydroxylation sites is 1. The molecule has 1 heterocycles. The summed E-state index contributed by atoms with van der Waals surface area (Å²) in [6.07, 6.45) is 0. The van der Waals surface area contributed by atoms with E-state index < -0.39 is 5.56 Å². The molecule has 6 nitrogen and oxygen atoms in total. The van der Waals surface area contributed by atoms with Crippen molar-refractivity contribution in [3.05, 3.63) is 45.7 Å². The van der Waals surface area contributed by atoms with Crippen LogP contribution in [0.25, 0.3) is 0 Å². The van der Waals surface area contributed by atoms with Gasteiger partial charge in [-0.05, 0) is 12.1 Å². The summed E-state index contributed by atoms with van der Waals surface area (Å²) in [6, 6.07) is 7.81. The van der Waals surface area contributed by atoms with Crippen molar-refractivity contribution in [2.45, 2.75) is 5.16 Å². The molecule has 0 aliphatic rings. The Morgan fingerprint density at radius 2 is 2.20 bits per heavy atom. The fourth-order valence-electron chi connectivity index (χ4n) is 1.37. The van der Waals surface area contributed by atoms with Crippen LogP contribution in [0.15, 0.2) is 40.3 Å². The van der Waals surface area contributed by atoms with E-state index in [0.717, 1.165) is 17.8 Å². The standard InChI is InChI=1S/C12H10ClN3O3S/c13-7-3-1-2-4-8(7)14-11(19)6-20-12-15-9(17)5-10(18)16-12/h1-5H,6H2,(H,14,19)(H2,15,16,17,18). The van der Waals surface area contributed by atoms with E-state index in [0.29, 0.717) is 10.7 Å². The van der Waals surface area contributed by atoms with Gasteiger partial charge in [-0.2, -0.15) is 4.98 Å². The first-order chi connectivity index (χ1) is 9.54. The molecule has 2 aromatic rings. The minimum atomic E-state index is -0.480. The molecule has 0 atom stereocenters. The second-order valence-electron chi connectivity index (χ2n) is 3.73. The quantitative estimate of drug-likeness (QED) is 0.592. The summed E-state index contributed by atoms with van der Waals surface area (Å²) in [5.41, 5.74) is 0.0311. The van der Waals surface area contributed by atoms with Crippen molar-refractivity contribution in [2.75, 3.05) is 11.1 Å². The van der Waals surface area contributed by atoms with Crippen LogP contribution < -0.4 is 10.9 Å². The number of thioether (sulfide) groups is 1. The smallest absolute Gasteiger partial charge is 0.255 e. The van der Waals surface area contributed by atoms with E-state index in [1.54, 1.807) is 24.3 Å². The Kier molecular flexibility index (Phi) is 4.65. The first kappa shape index (κ1) is 14.4. The molecule has 0 saturated heterocycles. The highest BCUT2D eigenvalue weighted by molar-refractivity contribution is 7.99. The second kappa shape index (κ2) is 6.44. The Hall–Kier alpha value is -1.99. The van der Waals surface area contributed by atoms with Gasteiger partial charge in [-0.1, -0.05) is 35.5 Å². The van der Waals surface area contributed by atoms with Crippen molar-refractivity contribution in [2.24, 2.45) is 0 Å². The number of carbonyl (C=O) groups excluding carboxylic acids is 1. The van der Waals surface area contributed by atoms with Gasteiger partial charge in [-0.3, -0.25) is 9.59 Å². The van der Waals surface area contributed by atoms with E-state index in [4.69, 9.17) is 16.7 Å². The largest absolute Gasteiger partial charge is 0.493 e. The van der Waals surface area contributed by atoms with Crippen molar-refractivity contribution in [1.82, 2.24) is 9.97 Å². The molecule has 0 aliphatic carbocycles. The van der Waals surface area contributed by atoms with Gasteiger partial charge in [0.2, 0.25) is 11.8 Å². The molecule has 104 valence electrons. The number of carbonyl (C=O) groups is 1. The van der Waals surface area contributed by atoms with E-state index in [9.17, 15) is 9.59 Å². The zero-order chi connectivity index (χ0) is 14.5. The minimum absolute atomic E-state index is 0.0254. The third-order valence-corrected chi connectivity index (χ3v) is 3.40. The molecule has 0 spiro atoms. The summed E-state index contributed by atoms with van der Waals surface area (Å²) < 4.78 is 0. The van der Waals surface area contributed by atoms with Crippen molar-refractivity contribution in [3.8, 4) is 5.88 Å². The number of benzene rings is 1. The highest BCUT2D eigenvalue weighted by Gasteiger charge is 2.08. The number of aromatic hydroxyl groups is 1. The van der Waals surface area contributed by atoms with Crippen LogP contribution in [-0.4, -0.2) is 26.7 Å². The van der Waals surface area contributed by atoms with Crippen LogP contribution in [0, 0.1) is 0 Å². The maximum Gasteiger partial charge on any atom is 0.255 e. The second-order valence-corrected chi connectivity index (χ2v) is 5.10. The molecule has 0 saturated carbocycles. The van der Waals surface area contributed by atoms with Crippen LogP contribution in [-0.2, 0) is 4.79 Å². The summed E-state index contributed by atoms with van der Waals surface area (Å²) in [5.74, 6) is -0.658. The molecule has 1 amide bonds. The Balaban J connectivity index is 1.96. The number of aromatic amines is 1. The van der Waals surface area contributed by atoms with Gasteiger partial charge in [-0.15, -0.1) is 0 Å². The van der Waals surface area contributed by atoms with E-state index in [-0.39, 0.29) is 22.7 Å². The number of amides is 1. The molecular weight excluding hydrogens is 302 g/mol. The molecular formula is C12H10ClN3O3S. The fourth-order valence-corrected chi connectivity index (χ4v) is 2.23. The van der Waals surface area contributed by atoms with Gasteiger partial charge in [0.05, 0.1) is 22.5 Å². The lowest BCUT2D eigenvalue weighted by molar-refractivity contribution is -0.113. The van der Waals surface area contributed by atoms with Gasteiger partial charge >= 0.3 is 0 Å². The number of hydrogen-bond acceptors (Lipinski definition) is 5. The molecule has 8 heteroatoms. The summed E-state index contributed by atoms with van der Waals surface area (Å²) in [4.78, 5) is 28.9. The zero-order valence-corrected chi connectivity index (χ0v) is 11.7. The average Bonchev–Trinajstić information content (AvgIpc) is 2.38. The van der Waals surface area contributed by atoms with Gasteiger partial charge < -0.3 is 15.4 Å². The molecule has 0 unspecified atom stereocenters. The van der Waals surface area contributed by atoms with Gasteiger partial charge in [0, 0.05) is 0 Å². The van der Waals surface area contributed by atoms with Crippen LogP contribution in [0.1, 0.15) is 0 Å². The molecule has 20 heavy (non-hydrogen) atoms. The first-order valence-electron chi connectivity index (χ1n) is 5.52. The third kappa shape index (κ3) is 4.01. The normalized spacial score (nSPS) is 10.2. The summed E-state index contributed by atoms with van der Waals surface area (Å²) >= 11 is 6.91. The number of rotatable bonds is 4. The molecule has 3 N–H and O–H groups in total. The zero-order valence-electron chi connectivity index (χ0n) is 10.1. The number of anilines is 1. The van der Waals surface area contributed by atoms with Gasteiger partial charge in [0.25, 0.3) is 5.56 Å². The number of hydrogen-bond donors (Lipinski definition) is 3. The first-order valence-corrected chi connectivity index (χ1v) is 6.88. The maximum absolute atomic E-state index is 11.7. The van der Waals surface area contributed by atoms with Crippen LogP contribution in [0.4, 0.5) is 5.69 Å². The molecule has 1 aromatic carbocycles. The van der Waals surface area contributed by atoms with Gasteiger partial charge in [0.1, 0.15) is 0 Å². The van der Waals surface area contributed by atoms with E-state index in [1.165, 1.54) is 0 Å². The summed E-state index contributed by atoms with van der Waals surface area (Å²) in [6.45, 7) is 0. The SMILES string of the molecule is O=C(CSc1nc(O)cc(=O)[nH]1)Nc1ccccc1Cl.